The van der Waals surface area contributed by atoms with Crippen molar-refractivity contribution in [2.24, 2.45) is 0 Å². The van der Waals surface area contributed by atoms with Crippen molar-refractivity contribution in [3.63, 3.8) is 0 Å². The molecule has 140 valence electrons. The zero-order valence-electron chi connectivity index (χ0n) is 15.4. The van der Waals surface area contributed by atoms with Crippen LogP contribution in [0, 0.1) is 0 Å². The molecule has 0 unspecified atom stereocenters. The molecule has 0 aliphatic rings. The van der Waals surface area contributed by atoms with Gasteiger partial charge in [-0.3, -0.25) is 0 Å². The lowest BCUT2D eigenvalue weighted by Gasteiger charge is -2.16. The van der Waals surface area contributed by atoms with Crippen molar-refractivity contribution in [2.45, 2.75) is 13.2 Å². The molecule has 5 nitrogen and oxygen atoms in total. The molecule has 0 aliphatic carbocycles. The number of methoxy groups -OCH3 is 1. The molecule has 0 aliphatic heterocycles. The van der Waals surface area contributed by atoms with Gasteiger partial charge < -0.3 is 19.5 Å². The van der Waals surface area contributed by atoms with Crippen LogP contribution in [0.5, 0.6) is 17.4 Å². The van der Waals surface area contributed by atoms with E-state index in [4.69, 9.17) is 14.2 Å². The minimum atomic E-state index is 0.497. The van der Waals surface area contributed by atoms with E-state index in [1.165, 1.54) is 0 Å². The third-order valence-electron chi connectivity index (χ3n) is 3.99. The molecule has 1 N–H and O–H groups in total. The first-order valence-corrected chi connectivity index (χ1v) is 8.94. The molecule has 0 atom stereocenters. The van der Waals surface area contributed by atoms with Gasteiger partial charge in [-0.05, 0) is 17.7 Å². The summed E-state index contributed by atoms with van der Waals surface area (Å²) in [4.78, 5) is 4.14. The van der Waals surface area contributed by atoms with Crippen molar-refractivity contribution in [3.8, 4) is 17.4 Å². The van der Waals surface area contributed by atoms with Crippen LogP contribution >= 0.6 is 0 Å². The Morgan fingerprint density at radius 1 is 0.889 bits per heavy atom. The Labute approximate surface area is 159 Å². The lowest BCUT2D eigenvalue weighted by molar-refractivity contribution is 0.278. The predicted octanol–water partition coefficient (Wildman–Crippen LogP) is 3.84. The molecule has 0 radical (unpaired) electrons. The third-order valence-corrected chi connectivity index (χ3v) is 3.99. The van der Waals surface area contributed by atoms with Crippen molar-refractivity contribution in [3.05, 3.63) is 84.1 Å². The molecule has 0 amide bonds. The first-order chi connectivity index (χ1) is 13.4. The van der Waals surface area contributed by atoms with Crippen LogP contribution in [0.3, 0.4) is 0 Å². The molecule has 1 heterocycles. The Kier molecular flexibility index (Phi) is 7.07. The van der Waals surface area contributed by atoms with Crippen LogP contribution in [-0.2, 0) is 13.2 Å². The number of para-hydroxylation sites is 1. The second kappa shape index (κ2) is 10.2. The number of nitrogens with zero attached hydrogens (tertiary/aromatic N) is 1. The van der Waals surface area contributed by atoms with Crippen molar-refractivity contribution in [2.75, 3.05) is 20.3 Å². The van der Waals surface area contributed by atoms with E-state index in [-0.39, 0.29) is 0 Å². The number of hydrogen-bond donors (Lipinski definition) is 1. The fourth-order valence-corrected chi connectivity index (χ4v) is 2.64. The van der Waals surface area contributed by atoms with Crippen molar-refractivity contribution < 1.29 is 14.2 Å². The number of ether oxygens (including phenoxy) is 3. The van der Waals surface area contributed by atoms with Gasteiger partial charge in [0, 0.05) is 30.9 Å². The maximum atomic E-state index is 6.07. The number of aromatic nitrogens is 1. The highest BCUT2D eigenvalue weighted by atomic mass is 16.5. The van der Waals surface area contributed by atoms with E-state index < -0.39 is 0 Å². The molecule has 27 heavy (non-hydrogen) atoms. The number of rotatable bonds is 10. The van der Waals surface area contributed by atoms with Crippen LogP contribution in [0.15, 0.2) is 72.9 Å². The quantitative estimate of drug-likeness (QED) is 0.554. The van der Waals surface area contributed by atoms with Gasteiger partial charge >= 0.3 is 0 Å². The van der Waals surface area contributed by atoms with Crippen LogP contribution in [0.1, 0.15) is 11.1 Å². The SMILES string of the molecule is COc1cccc(CNCCOc2ccccn2)c1OCc1ccccc1. The second-order valence-corrected chi connectivity index (χ2v) is 5.92. The van der Waals surface area contributed by atoms with Gasteiger partial charge in [-0.1, -0.05) is 48.5 Å². The Balaban J connectivity index is 1.54. The maximum Gasteiger partial charge on any atom is 0.213 e. The number of hydrogen-bond acceptors (Lipinski definition) is 5. The molecule has 1 aromatic heterocycles. The molecular weight excluding hydrogens is 340 g/mol. The van der Waals surface area contributed by atoms with Gasteiger partial charge in [0.25, 0.3) is 0 Å². The minimum absolute atomic E-state index is 0.497. The molecule has 0 fully saturated rings. The fourth-order valence-electron chi connectivity index (χ4n) is 2.64. The second-order valence-electron chi connectivity index (χ2n) is 5.92. The van der Waals surface area contributed by atoms with Crippen molar-refractivity contribution in [1.29, 1.82) is 0 Å². The molecule has 0 spiro atoms. The van der Waals surface area contributed by atoms with E-state index in [1.807, 2.05) is 66.7 Å². The molecule has 0 saturated heterocycles. The summed E-state index contributed by atoms with van der Waals surface area (Å²) in [5.41, 5.74) is 2.16. The van der Waals surface area contributed by atoms with Crippen LogP contribution < -0.4 is 19.5 Å². The zero-order chi connectivity index (χ0) is 18.7. The van der Waals surface area contributed by atoms with Gasteiger partial charge in [0.15, 0.2) is 11.5 Å². The standard InChI is InChI=1S/C22H24N2O3/c1-25-20-11-7-10-19(22(20)27-17-18-8-3-2-4-9-18)16-23-14-15-26-21-12-5-6-13-24-21/h2-13,23H,14-17H2,1H3. The van der Waals surface area contributed by atoms with Crippen LogP contribution in [0.4, 0.5) is 0 Å². The van der Waals surface area contributed by atoms with Gasteiger partial charge in [0.2, 0.25) is 5.88 Å². The average molecular weight is 364 g/mol. The summed E-state index contributed by atoms with van der Waals surface area (Å²) >= 11 is 0. The van der Waals surface area contributed by atoms with Crippen LogP contribution in [0.2, 0.25) is 0 Å². The Morgan fingerprint density at radius 2 is 1.74 bits per heavy atom. The molecule has 2 aromatic carbocycles. The molecule has 0 saturated carbocycles. The summed E-state index contributed by atoms with van der Waals surface area (Å²) in [6.45, 7) is 2.40. The summed E-state index contributed by atoms with van der Waals surface area (Å²) in [6.07, 6.45) is 1.72. The summed E-state index contributed by atoms with van der Waals surface area (Å²) in [5.74, 6) is 2.13. The lowest BCUT2D eigenvalue weighted by atomic mass is 10.1. The number of benzene rings is 2. The van der Waals surface area contributed by atoms with Gasteiger partial charge in [-0.25, -0.2) is 4.98 Å². The Bertz CT molecular complexity index is 810. The smallest absolute Gasteiger partial charge is 0.213 e. The van der Waals surface area contributed by atoms with E-state index >= 15 is 0 Å². The summed E-state index contributed by atoms with van der Waals surface area (Å²) in [6, 6.07) is 21.6. The van der Waals surface area contributed by atoms with E-state index in [9.17, 15) is 0 Å². The lowest BCUT2D eigenvalue weighted by Crippen LogP contribution is -2.21. The molecule has 0 bridgehead atoms. The minimum Gasteiger partial charge on any atom is -0.493 e. The third kappa shape index (κ3) is 5.72. The molecule has 5 heteroatoms. The first kappa shape index (κ1) is 18.7. The molecule has 3 aromatic rings. The Morgan fingerprint density at radius 3 is 2.52 bits per heavy atom. The summed E-state index contributed by atoms with van der Waals surface area (Å²) < 4.78 is 17.1. The monoisotopic (exact) mass is 364 g/mol. The van der Waals surface area contributed by atoms with E-state index in [0.29, 0.717) is 32.2 Å². The highest BCUT2D eigenvalue weighted by molar-refractivity contribution is 5.46. The predicted molar refractivity (Wildman–Crippen MR) is 105 cm³/mol. The van der Waals surface area contributed by atoms with Gasteiger partial charge in [0.05, 0.1) is 7.11 Å². The maximum absolute atomic E-state index is 6.07. The fraction of sp³-hybridized carbons (Fsp3) is 0.227. The largest absolute Gasteiger partial charge is 0.493 e. The van der Waals surface area contributed by atoms with Crippen molar-refractivity contribution >= 4 is 0 Å². The average Bonchev–Trinajstić information content (AvgIpc) is 2.73. The molecular formula is C22H24N2O3. The van der Waals surface area contributed by atoms with E-state index in [1.54, 1.807) is 13.3 Å². The van der Waals surface area contributed by atoms with Crippen molar-refractivity contribution in [1.82, 2.24) is 10.3 Å². The highest BCUT2D eigenvalue weighted by Crippen LogP contribution is 2.31. The number of nitrogens with one attached hydrogen (secondary N) is 1. The summed E-state index contributed by atoms with van der Waals surface area (Å²) in [7, 11) is 1.66. The molecule has 3 rings (SSSR count). The van der Waals surface area contributed by atoms with E-state index in [0.717, 1.165) is 22.6 Å². The van der Waals surface area contributed by atoms with Crippen LogP contribution in [0.25, 0.3) is 0 Å². The highest BCUT2D eigenvalue weighted by Gasteiger charge is 2.10. The Hall–Kier alpha value is -3.05. The first-order valence-electron chi connectivity index (χ1n) is 8.94. The van der Waals surface area contributed by atoms with Gasteiger partial charge in [-0.2, -0.15) is 0 Å². The van der Waals surface area contributed by atoms with Gasteiger partial charge in [-0.15, -0.1) is 0 Å². The number of pyridine rings is 1. The van der Waals surface area contributed by atoms with E-state index in [2.05, 4.69) is 10.3 Å². The topological polar surface area (TPSA) is 52.6 Å². The normalized spacial score (nSPS) is 10.4. The van der Waals surface area contributed by atoms with Gasteiger partial charge in [0.1, 0.15) is 13.2 Å². The zero-order valence-corrected chi connectivity index (χ0v) is 15.4. The van der Waals surface area contributed by atoms with Crippen LogP contribution in [-0.4, -0.2) is 25.2 Å². The summed E-state index contributed by atoms with van der Waals surface area (Å²) in [5, 5.41) is 3.37.